The Morgan fingerprint density at radius 2 is 1.74 bits per heavy atom. The number of benzene rings is 2. The van der Waals surface area contributed by atoms with E-state index in [1.807, 2.05) is 36.4 Å². The lowest BCUT2D eigenvalue weighted by Gasteiger charge is -2.36. The number of carbonyl (C=O) groups excluding carboxylic acids is 1. The summed E-state index contributed by atoms with van der Waals surface area (Å²) in [5, 5.41) is 4.41. The molecule has 2 unspecified atom stereocenters. The molecule has 0 bridgehead atoms. The molecule has 2 aliphatic heterocycles. The van der Waals surface area contributed by atoms with E-state index in [2.05, 4.69) is 52.2 Å². The summed E-state index contributed by atoms with van der Waals surface area (Å²) < 4.78 is 0. The van der Waals surface area contributed by atoms with Crippen molar-refractivity contribution in [3.63, 3.8) is 0 Å². The molecule has 0 spiro atoms. The molecule has 0 saturated carbocycles. The molecule has 2 aromatic rings. The van der Waals surface area contributed by atoms with Crippen LogP contribution in [0.1, 0.15) is 25.3 Å². The summed E-state index contributed by atoms with van der Waals surface area (Å²) >= 11 is 12.6. The van der Waals surface area contributed by atoms with E-state index in [9.17, 15) is 4.79 Å². The molecule has 2 aromatic carbocycles. The molecule has 7 heteroatoms. The van der Waals surface area contributed by atoms with Crippen molar-refractivity contribution in [3.05, 3.63) is 70.2 Å². The second-order valence-electron chi connectivity index (χ2n) is 9.19. The molecule has 5 nitrogen and oxygen atoms in total. The second kappa shape index (κ2) is 11.5. The number of piperazine rings is 1. The van der Waals surface area contributed by atoms with E-state index < -0.39 is 0 Å². The lowest BCUT2D eigenvalue weighted by molar-refractivity contribution is -0.124. The quantitative estimate of drug-likeness (QED) is 0.517. The first-order chi connectivity index (χ1) is 16.5. The van der Waals surface area contributed by atoms with E-state index in [-0.39, 0.29) is 17.9 Å². The van der Waals surface area contributed by atoms with Crippen LogP contribution >= 0.6 is 23.2 Å². The third kappa shape index (κ3) is 5.70. The van der Waals surface area contributed by atoms with Gasteiger partial charge in [-0.2, -0.15) is 0 Å². The van der Waals surface area contributed by atoms with Gasteiger partial charge in [-0.1, -0.05) is 59.6 Å². The molecule has 2 atom stereocenters. The molecule has 34 heavy (non-hydrogen) atoms. The molecule has 1 saturated heterocycles. The van der Waals surface area contributed by atoms with Gasteiger partial charge < -0.3 is 15.1 Å². The fourth-order valence-electron chi connectivity index (χ4n) is 4.83. The van der Waals surface area contributed by atoms with Gasteiger partial charge in [0.2, 0.25) is 5.91 Å². The number of rotatable bonds is 8. The second-order valence-corrected chi connectivity index (χ2v) is 9.98. The van der Waals surface area contributed by atoms with Crippen molar-refractivity contribution in [2.75, 3.05) is 51.2 Å². The standard InChI is InChI=1S/C27H34Cl2N4O/c1-20-22(19-25(31(20)2)21-9-4-3-5-10-21)27(34)30-13-6-7-14-32-15-17-33(18-16-32)24-12-8-11-23(28)26(24)29/h3-5,8-12,19-20,22H,6-7,13-18H2,1-2H3,(H,30,34). The van der Waals surface area contributed by atoms with Gasteiger partial charge in [-0.25, -0.2) is 0 Å². The Morgan fingerprint density at radius 1 is 1.00 bits per heavy atom. The normalized spacial score (nSPS) is 21.0. The smallest absolute Gasteiger partial charge is 0.229 e. The van der Waals surface area contributed by atoms with Crippen LogP contribution in [0.5, 0.6) is 0 Å². The number of carbonyl (C=O) groups is 1. The molecule has 1 amide bonds. The molecular weight excluding hydrogens is 467 g/mol. The number of amides is 1. The minimum absolute atomic E-state index is 0.119. The summed E-state index contributed by atoms with van der Waals surface area (Å²) in [7, 11) is 2.07. The van der Waals surface area contributed by atoms with Gasteiger partial charge in [0.25, 0.3) is 0 Å². The average molecular weight is 502 g/mol. The van der Waals surface area contributed by atoms with Gasteiger partial charge in [0.05, 0.1) is 21.7 Å². The molecule has 1 N–H and O–H groups in total. The monoisotopic (exact) mass is 500 g/mol. The van der Waals surface area contributed by atoms with Gasteiger partial charge in [-0.15, -0.1) is 0 Å². The van der Waals surface area contributed by atoms with Gasteiger partial charge in [-0.3, -0.25) is 9.69 Å². The Labute approximate surface area is 213 Å². The molecule has 0 radical (unpaired) electrons. The fraction of sp³-hybridized carbons (Fsp3) is 0.444. The topological polar surface area (TPSA) is 38.8 Å². The molecular formula is C27H34Cl2N4O. The zero-order chi connectivity index (χ0) is 24.1. The predicted molar refractivity (Wildman–Crippen MR) is 142 cm³/mol. The maximum atomic E-state index is 12.8. The van der Waals surface area contributed by atoms with E-state index >= 15 is 0 Å². The Morgan fingerprint density at radius 3 is 2.47 bits per heavy atom. The van der Waals surface area contributed by atoms with Crippen molar-refractivity contribution in [2.45, 2.75) is 25.8 Å². The summed E-state index contributed by atoms with van der Waals surface area (Å²) in [4.78, 5) is 19.8. The van der Waals surface area contributed by atoms with Gasteiger partial charge in [0.15, 0.2) is 0 Å². The molecule has 0 aromatic heterocycles. The van der Waals surface area contributed by atoms with E-state index in [1.165, 1.54) is 0 Å². The number of hydrogen-bond donors (Lipinski definition) is 1. The fourth-order valence-corrected chi connectivity index (χ4v) is 5.24. The summed E-state index contributed by atoms with van der Waals surface area (Å²) in [5.74, 6) is 0.00361. The summed E-state index contributed by atoms with van der Waals surface area (Å²) in [5.41, 5.74) is 3.31. The van der Waals surface area contributed by atoms with Crippen LogP contribution in [-0.4, -0.2) is 68.1 Å². The van der Waals surface area contributed by atoms with Crippen LogP contribution in [0.4, 0.5) is 5.69 Å². The van der Waals surface area contributed by atoms with Crippen molar-refractivity contribution >= 4 is 40.5 Å². The highest BCUT2D eigenvalue weighted by molar-refractivity contribution is 6.43. The lowest BCUT2D eigenvalue weighted by atomic mass is 10.0. The number of nitrogens with zero attached hydrogens (tertiary/aromatic N) is 3. The summed E-state index contributed by atoms with van der Waals surface area (Å²) in [6.45, 7) is 7.79. The third-order valence-electron chi connectivity index (χ3n) is 7.06. The SMILES string of the molecule is CC1C(C(=O)NCCCCN2CCN(c3cccc(Cl)c3Cl)CC2)C=C(c2ccccc2)N1C. The highest BCUT2D eigenvalue weighted by atomic mass is 35.5. The van der Waals surface area contributed by atoms with Crippen LogP contribution in [0.3, 0.4) is 0 Å². The highest BCUT2D eigenvalue weighted by Crippen LogP contribution is 2.33. The first kappa shape index (κ1) is 24.9. The number of halogens is 2. The number of nitrogens with one attached hydrogen (secondary N) is 1. The van der Waals surface area contributed by atoms with Gasteiger partial charge >= 0.3 is 0 Å². The average Bonchev–Trinajstić information content (AvgIpc) is 3.16. The van der Waals surface area contributed by atoms with Crippen LogP contribution < -0.4 is 10.2 Å². The van der Waals surface area contributed by atoms with Crippen molar-refractivity contribution in [1.82, 2.24) is 15.1 Å². The Balaban J connectivity index is 1.17. The first-order valence-electron chi connectivity index (χ1n) is 12.1. The Hall–Kier alpha value is -2.21. The van der Waals surface area contributed by atoms with E-state index in [0.717, 1.165) is 69.1 Å². The summed E-state index contributed by atoms with van der Waals surface area (Å²) in [6, 6.07) is 16.2. The van der Waals surface area contributed by atoms with Crippen LogP contribution in [0.25, 0.3) is 5.70 Å². The van der Waals surface area contributed by atoms with Crippen molar-refractivity contribution in [1.29, 1.82) is 0 Å². The largest absolute Gasteiger partial charge is 0.371 e. The minimum Gasteiger partial charge on any atom is -0.371 e. The predicted octanol–water partition coefficient (Wildman–Crippen LogP) is 5.00. The van der Waals surface area contributed by atoms with Crippen LogP contribution in [0, 0.1) is 5.92 Å². The van der Waals surface area contributed by atoms with Crippen molar-refractivity contribution < 1.29 is 4.79 Å². The minimum atomic E-state index is -0.119. The van der Waals surface area contributed by atoms with Gasteiger partial charge in [-0.05, 0) is 50.1 Å². The number of anilines is 1. The maximum absolute atomic E-state index is 12.8. The maximum Gasteiger partial charge on any atom is 0.229 e. The van der Waals surface area contributed by atoms with E-state index in [0.29, 0.717) is 10.0 Å². The molecule has 0 aliphatic carbocycles. The van der Waals surface area contributed by atoms with E-state index in [4.69, 9.17) is 23.2 Å². The van der Waals surface area contributed by atoms with Gasteiger partial charge in [0.1, 0.15) is 0 Å². The zero-order valence-corrected chi connectivity index (χ0v) is 21.5. The third-order valence-corrected chi connectivity index (χ3v) is 7.87. The molecule has 182 valence electrons. The van der Waals surface area contributed by atoms with Gasteiger partial charge in [0, 0.05) is 51.5 Å². The summed E-state index contributed by atoms with van der Waals surface area (Å²) in [6.07, 6.45) is 4.17. The Kier molecular flexibility index (Phi) is 8.41. The molecule has 4 rings (SSSR count). The number of hydrogen-bond acceptors (Lipinski definition) is 4. The molecule has 1 fully saturated rings. The number of unbranched alkanes of at least 4 members (excludes halogenated alkanes) is 1. The molecule has 2 aliphatic rings. The van der Waals surface area contributed by atoms with Crippen LogP contribution in [-0.2, 0) is 4.79 Å². The first-order valence-corrected chi connectivity index (χ1v) is 12.9. The van der Waals surface area contributed by atoms with Crippen molar-refractivity contribution in [2.24, 2.45) is 5.92 Å². The molecule has 2 heterocycles. The van der Waals surface area contributed by atoms with E-state index in [1.54, 1.807) is 0 Å². The van der Waals surface area contributed by atoms with Crippen LogP contribution in [0.2, 0.25) is 10.0 Å². The van der Waals surface area contributed by atoms with Crippen molar-refractivity contribution in [3.8, 4) is 0 Å². The van der Waals surface area contributed by atoms with Crippen LogP contribution in [0.15, 0.2) is 54.6 Å². The Bertz CT molecular complexity index is 1000. The highest BCUT2D eigenvalue weighted by Gasteiger charge is 2.33. The lowest BCUT2D eigenvalue weighted by Crippen LogP contribution is -2.46. The zero-order valence-electron chi connectivity index (χ0n) is 20.0.